The second-order valence-electron chi connectivity index (χ2n) is 9.99. The molecule has 1 unspecified atom stereocenters. The molecule has 9 nitrogen and oxygen atoms in total. The molecule has 37 heavy (non-hydrogen) atoms. The van der Waals surface area contributed by atoms with Gasteiger partial charge in [0, 0.05) is 55.7 Å². The zero-order valence-corrected chi connectivity index (χ0v) is 20.6. The Bertz CT molecular complexity index is 1360. The molecular weight excluding hydrogens is 472 g/mol. The molecule has 0 radical (unpaired) electrons. The number of carboxylic acids is 1. The van der Waals surface area contributed by atoms with Crippen molar-refractivity contribution in [2.75, 3.05) is 45.9 Å². The normalized spacial score (nSPS) is 20.3. The molecule has 3 aliphatic rings. The summed E-state index contributed by atoms with van der Waals surface area (Å²) in [6.45, 7) is 5.49. The van der Waals surface area contributed by atoms with Gasteiger partial charge < -0.3 is 24.2 Å². The summed E-state index contributed by atoms with van der Waals surface area (Å²) < 4.78 is 7.62. The van der Waals surface area contributed by atoms with Gasteiger partial charge in [-0.05, 0) is 29.3 Å². The number of nitrogens with zero attached hydrogens (tertiary/aromatic N) is 4. The summed E-state index contributed by atoms with van der Waals surface area (Å²) in [5.41, 5.74) is 4.45. The average Bonchev–Trinajstić information content (AvgIpc) is 3.22. The van der Waals surface area contributed by atoms with Crippen LogP contribution in [-0.2, 0) is 33.8 Å². The minimum absolute atomic E-state index is 0.0140. The number of carboxylic acid groups (broad SMARTS) is 1. The van der Waals surface area contributed by atoms with Gasteiger partial charge in [0.2, 0.25) is 11.8 Å². The van der Waals surface area contributed by atoms with E-state index in [1.165, 1.54) is 0 Å². The molecule has 4 heterocycles. The number of amides is 2. The molecular formula is C28H30N4O5. The number of piperazine rings is 1. The molecule has 9 heteroatoms. The fourth-order valence-electron chi connectivity index (χ4n) is 5.83. The Kier molecular flexibility index (Phi) is 6.18. The van der Waals surface area contributed by atoms with E-state index < -0.39 is 12.0 Å². The first-order valence-electron chi connectivity index (χ1n) is 12.8. The largest absolute Gasteiger partial charge is 0.478 e. The first-order valence-corrected chi connectivity index (χ1v) is 12.8. The van der Waals surface area contributed by atoms with Crippen molar-refractivity contribution in [3.05, 3.63) is 70.9 Å². The highest BCUT2D eigenvalue weighted by Gasteiger charge is 2.43. The van der Waals surface area contributed by atoms with Crippen LogP contribution < -0.4 is 0 Å². The number of ether oxygens (including phenoxy) is 1. The molecule has 3 aromatic rings. The Balaban J connectivity index is 1.28. The second-order valence-corrected chi connectivity index (χ2v) is 9.99. The van der Waals surface area contributed by atoms with E-state index in [2.05, 4.69) is 21.6 Å². The molecule has 1 atom stereocenters. The number of hydrogen-bond acceptors (Lipinski definition) is 5. The number of fused-ring (bicyclic) bond motifs is 4. The minimum Gasteiger partial charge on any atom is -0.478 e. The zero-order chi connectivity index (χ0) is 25.5. The van der Waals surface area contributed by atoms with E-state index in [1.54, 1.807) is 21.9 Å². The fraction of sp³-hybridized carbons (Fsp3) is 0.393. The van der Waals surface area contributed by atoms with Crippen molar-refractivity contribution < 1.29 is 24.2 Å². The number of morpholine rings is 1. The Morgan fingerprint density at radius 1 is 0.973 bits per heavy atom. The summed E-state index contributed by atoms with van der Waals surface area (Å²) in [6.07, 6.45) is 0.499. The third-order valence-corrected chi connectivity index (χ3v) is 7.86. The summed E-state index contributed by atoms with van der Waals surface area (Å²) in [5, 5.41) is 10.3. The van der Waals surface area contributed by atoms with Crippen molar-refractivity contribution >= 4 is 28.7 Å². The lowest BCUT2D eigenvalue weighted by atomic mass is 9.94. The van der Waals surface area contributed by atoms with Crippen molar-refractivity contribution in [3.8, 4) is 0 Å². The third kappa shape index (κ3) is 4.38. The van der Waals surface area contributed by atoms with Crippen LogP contribution in [0.5, 0.6) is 0 Å². The molecule has 0 saturated carbocycles. The number of rotatable bonds is 6. The van der Waals surface area contributed by atoms with Gasteiger partial charge in [-0.3, -0.25) is 14.5 Å². The number of carbonyl (C=O) groups excluding carboxylic acids is 2. The Morgan fingerprint density at radius 2 is 1.73 bits per heavy atom. The van der Waals surface area contributed by atoms with Crippen molar-refractivity contribution in [2.24, 2.45) is 0 Å². The Hall–Kier alpha value is -3.69. The van der Waals surface area contributed by atoms with E-state index in [-0.39, 0.29) is 23.9 Å². The van der Waals surface area contributed by atoms with Crippen LogP contribution in [0.15, 0.2) is 48.5 Å². The number of benzene rings is 2. The number of aromatic carboxylic acids is 1. The molecule has 3 aliphatic heterocycles. The molecule has 2 amide bonds. The molecule has 2 aromatic carbocycles. The van der Waals surface area contributed by atoms with E-state index in [1.807, 2.05) is 24.3 Å². The predicted octanol–water partition coefficient (Wildman–Crippen LogP) is 1.82. The van der Waals surface area contributed by atoms with Crippen molar-refractivity contribution in [3.63, 3.8) is 0 Å². The summed E-state index contributed by atoms with van der Waals surface area (Å²) in [7, 11) is 0. The van der Waals surface area contributed by atoms with Crippen LogP contribution in [0.25, 0.3) is 10.9 Å². The number of carbonyl (C=O) groups is 3. The third-order valence-electron chi connectivity index (χ3n) is 7.86. The van der Waals surface area contributed by atoms with Crippen LogP contribution in [0.1, 0.15) is 27.2 Å². The van der Waals surface area contributed by atoms with Crippen LogP contribution in [0, 0.1) is 0 Å². The molecule has 6 rings (SSSR count). The van der Waals surface area contributed by atoms with Gasteiger partial charge >= 0.3 is 5.97 Å². The minimum atomic E-state index is -0.950. The SMILES string of the molecule is O=C(O)c1ccc(Cn2c3c(c4ccccc42)CC2C(=O)N(CCN4CCOCC4)CC(=O)N2C3)cc1. The molecule has 1 aromatic heterocycles. The maximum absolute atomic E-state index is 13.5. The number of para-hydroxylation sites is 1. The molecule has 2 saturated heterocycles. The summed E-state index contributed by atoms with van der Waals surface area (Å²) >= 11 is 0. The fourth-order valence-corrected chi connectivity index (χ4v) is 5.83. The lowest BCUT2D eigenvalue weighted by Crippen LogP contribution is -2.62. The van der Waals surface area contributed by atoms with Crippen molar-refractivity contribution in [2.45, 2.75) is 25.6 Å². The molecule has 0 spiro atoms. The topological polar surface area (TPSA) is 95.3 Å². The highest BCUT2D eigenvalue weighted by atomic mass is 16.5. The predicted molar refractivity (Wildman–Crippen MR) is 136 cm³/mol. The quantitative estimate of drug-likeness (QED) is 0.553. The second kappa shape index (κ2) is 9.64. The smallest absolute Gasteiger partial charge is 0.335 e. The van der Waals surface area contributed by atoms with E-state index in [0.717, 1.165) is 47.4 Å². The maximum Gasteiger partial charge on any atom is 0.335 e. The van der Waals surface area contributed by atoms with Gasteiger partial charge in [-0.15, -0.1) is 0 Å². The molecule has 2 fully saturated rings. The maximum atomic E-state index is 13.5. The van der Waals surface area contributed by atoms with E-state index in [0.29, 0.717) is 39.3 Å². The van der Waals surface area contributed by atoms with Crippen LogP contribution >= 0.6 is 0 Å². The van der Waals surface area contributed by atoms with Crippen molar-refractivity contribution in [1.29, 1.82) is 0 Å². The highest BCUT2D eigenvalue weighted by Crippen LogP contribution is 2.35. The zero-order valence-electron chi connectivity index (χ0n) is 20.6. The summed E-state index contributed by atoms with van der Waals surface area (Å²) in [5.74, 6) is -0.937. The molecule has 192 valence electrons. The lowest BCUT2D eigenvalue weighted by Gasteiger charge is -2.43. The van der Waals surface area contributed by atoms with Crippen LogP contribution in [0.3, 0.4) is 0 Å². The van der Waals surface area contributed by atoms with E-state index >= 15 is 0 Å². The first-order chi connectivity index (χ1) is 18.0. The summed E-state index contributed by atoms with van der Waals surface area (Å²) in [6, 6.07) is 14.6. The van der Waals surface area contributed by atoms with Crippen LogP contribution in [0.4, 0.5) is 0 Å². The molecule has 0 aliphatic carbocycles. The van der Waals surface area contributed by atoms with Crippen molar-refractivity contribution in [1.82, 2.24) is 19.3 Å². The van der Waals surface area contributed by atoms with Gasteiger partial charge in [0.1, 0.15) is 6.04 Å². The van der Waals surface area contributed by atoms with Crippen LogP contribution in [-0.4, -0.2) is 94.1 Å². The van der Waals surface area contributed by atoms with E-state index in [9.17, 15) is 19.5 Å². The van der Waals surface area contributed by atoms with Gasteiger partial charge in [0.15, 0.2) is 0 Å². The monoisotopic (exact) mass is 502 g/mol. The average molecular weight is 503 g/mol. The van der Waals surface area contributed by atoms with Gasteiger partial charge in [-0.25, -0.2) is 4.79 Å². The molecule has 0 bridgehead atoms. The summed E-state index contributed by atoms with van der Waals surface area (Å²) in [4.78, 5) is 43.8. The Morgan fingerprint density at radius 3 is 2.49 bits per heavy atom. The van der Waals surface area contributed by atoms with Crippen LogP contribution in [0.2, 0.25) is 0 Å². The highest BCUT2D eigenvalue weighted by molar-refractivity contribution is 5.97. The van der Waals surface area contributed by atoms with Gasteiger partial charge in [-0.2, -0.15) is 0 Å². The molecule has 1 N–H and O–H groups in total. The van der Waals surface area contributed by atoms with Gasteiger partial charge in [0.05, 0.1) is 31.9 Å². The van der Waals surface area contributed by atoms with E-state index in [4.69, 9.17) is 4.74 Å². The van der Waals surface area contributed by atoms with Gasteiger partial charge in [0.25, 0.3) is 0 Å². The number of hydrogen-bond donors (Lipinski definition) is 1. The number of aromatic nitrogens is 1. The lowest BCUT2D eigenvalue weighted by molar-refractivity contribution is -0.157. The standard InChI is InChI=1S/C28H30N4O5/c33-26-18-30(10-9-29-11-13-37-14-12-29)27(34)24-15-22-21-3-1-2-4-23(21)31(25(22)17-32(24)26)16-19-5-7-20(8-6-19)28(35)36/h1-8,24H,9-18H2,(H,35,36). The Labute approximate surface area is 214 Å². The first kappa shape index (κ1) is 23.7. The van der Waals surface area contributed by atoms with Gasteiger partial charge in [-0.1, -0.05) is 30.3 Å².